The summed E-state index contributed by atoms with van der Waals surface area (Å²) in [5.74, 6) is 1.17. The first-order valence-electron chi connectivity index (χ1n) is 9.67. The van der Waals surface area contributed by atoms with Crippen LogP contribution in [-0.4, -0.2) is 61.0 Å². The van der Waals surface area contributed by atoms with Gasteiger partial charge in [0.05, 0.1) is 12.4 Å². The summed E-state index contributed by atoms with van der Waals surface area (Å²) in [6.45, 7) is 4.98. The minimum absolute atomic E-state index is 0.0875. The molecule has 0 radical (unpaired) electrons. The highest BCUT2D eigenvalue weighted by Crippen LogP contribution is 2.28. The zero-order valence-corrected chi connectivity index (χ0v) is 16.3. The van der Waals surface area contributed by atoms with Crippen LogP contribution in [0.1, 0.15) is 30.4 Å². The van der Waals surface area contributed by atoms with Crippen LogP contribution in [0.4, 0.5) is 0 Å². The fourth-order valence-corrected chi connectivity index (χ4v) is 3.89. The van der Waals surface area contributed by atoms with Gasteiger partial charge in [-0.05, 0) is 12.5 Å². The third-order valence-electron chi connectivity index (χ3n) is 5.54. The second kappa shape index (κ2) is 7.98. The maximum absolute atomic E-state index is 12.9. The molecule has 146 valence electrons. The topological polar surface area (TPSA) is 59.2 Å². The Hall–Kier alpha value is -2.93. The monoisotopic (exact) mass is 378 g/mol. The van der Waals surface area contributed by atoms with Gasteiger partial charge in [0.15, 0.2) is 0 Å². The van der Waals surface area contributed by atoms with Crippen molar-refractivity contribution in [1.82, 2.24) is 28.9 Å². The highest BCUT2D eigenvalue weighted by atomic mass is 16.2. The molecule has 2 atom stereocenters. The van der Waals surface area contributed by atoms with Gasteiger partial charge in [-0.2, -0.15) is 0 Å². The van der Waals surface area contributed by atoms with Crippen LogP contribution in [0.5, 0.6) is 0 Å². The second-order valence-electron chi connectivity index (χ2n) is 7.26. The quantitative estimate of drug-likeness (QED) is 0.682. The van der Waals surface area contributed by atoms with E-state index in [0.717, 1.165) is 18.9 Å². The van der Waals surface area contributed by atoms with E-state index in [1.807, 2.05) is 48.1 Å². The minimum atomic E-state index is -0.228. The molecule has 28 heavy (non-hydrogen) atoms. The lowest BCUT2D eigenvalue weighted by Crippen LogP contribution is -2.51. The lowest BCUT2D eigenvalue weighted by atomic mass is 10.0. The van der Waals surface area contributed by atoms with E-state index < -0.39 is 0 Å². The zero-order valence-electron chi connectivity index (χ0n) is 16.3. The van der Waals surface area contributed by atoms with Gasteiger partial charge in [-0.1, -0.05) is 30.3 Å². The Morgan fingerprint density at radius 2 is 1.79 bits per heavy atom. The van der Waals surface area contributed by atoms with Crippen molar-refractivity contribution in [3.05, 3.63) is 72.8 Å². The molecule has 0 saturated carbocycles. The molecule has 0 bridgehead atoms. The van der Waals surface area contributed by atoms with Gasteiger partial charge >= 0.3 is 0 Å². The average Bonchev–Trinajstić information content (AvgIpc) is 3.41. The van der Waals surface area contributed by atoms with Crippen LogP contribution in [0.15, 0.2) is 61.4 Å². The number of carbonyl (C=O) groups excluding carboxylic acids is 1. The summed E-state index contributed by atoms with van der Waals surface area (Å²) in [6.07, 6.45) is 9.07. The number of carbonyl (C=O) groups is 1. The van der Waals surface area contributed by atoms with E-state index in [0.29, 0.717) is 13.1 Å². The van der Waals surface area contributed by atoms with Crippen LogP contribution in [0.25, 0.3) is 0 Å². The highest BCUT2D eigenvalue weighted by molar-refractivity contribution is 5.80. The Balaban J connectivity index is 1.49. The van der Waals surface area contributed by atoms with Crippen molar-refractivity contribution in [2.45, 2.75) is 19.0 Å². The number of aryl methyl sites for hydroxylation is 1. The number of hydrogen-bond acceptors (Lipinski definition) is 4. The predicted octanol–water partition coefficient (Wildman–Crippen LogP) is 2.11. The van der Waals surface area contributed by atoms with E-state index in [-0.39, 0.29) is 18.0 Å². The molecule has 0 aliphatic carbocycles. The lowest BCUT2D eigenvalue weighted by molar-refractivity contribution is -0.136. The van der Waals surface area contributed by atoms with E-state index in [9.17, 15) is 4.79 Å². The molecule has 3 heterocycles. The number of rotatable bonds is 5. The second-order valence-corrected chi connectivity index (χ2v) is 7.26. The van der Waals surface area contributed by atoms with E-state index in [4.69, 9.17) is 0 Å². The Labute approximate surface area is 165 Å². The molecule has 0 spiro atoms. The Morgan fingerprint density at radius 3 is 2.39 bits per heavy atom. The fourth-order valence-electron chi connectivity index (χ4n) is 3.89. The molecule has 1 aliphatic heterocycles. The predicted molar refractivity (Wildman–Crippen MR) is 107 cm³/mol. The fraction of sp³-hybridized carbons (Fsp3) is 0.381. The summed E-state index contributed by atoms with van der Waals surface area (Å²) >= 11 is 0. The minimum Gasteiger partial charge on any atom is -0.338 e. The molecule has 0 unspecified atom stereocenters. The van der Waals surface area contributed by atoms with Crippen molar-refractivity contribution < 1.29 is 4.79 Å². The number of piperazine rings is 1. The van der Waals surface area contributed by atoms with Gasteiger partial charge in [0.25, 0.3) is 0 Å². The molecule has 1 aromatic carbocycles. The van der Waals surface area contributed by atoms with Crippen LogP contribution >= 0.6 is 0 Å². The van der Waals surface area contributed by atoms with Crippen molar-refractivity contribution >= 4 is 5.91 Å². The summed E-state index contributed by atoms with van der Waals surface area (Å²) in [5.41, 5.74) is 1.23. The average molecular weight is 378 g/mol. The SMILES string of the molecule is C[C@H](C(=O)N1CCN([C@@H](c2ccccc2)c2nccn2C)CC1)n1ccnc1. The summed E-state index contributed by atoms with van der Waals surface area (Å²) in [7, 11) is 2.03. The molecule has 4 rings (SSSR count). The van der Waals surface area contributed by atoms with Gasteiger partial charge in [0, 0.05) is 58.0 Å². The first kappa shape index (κ1) is 18.4. The van der Waals surface area contributed by atoms with Crippen LogP contribution in [0, 0.1) is 0 Å². The van der Waals surface area contributed by atoms with Gasteiger partial charge in [0.1, 0.15) is 11.9 Å². The zero-order chi connectivity index (χ0) is 19.5. The Kier molecular flexibility index (Phi) is 5.25. The van der Waals surface area contributed by atoms with Crippen molar-refractivity contribution in [1.29, 1.82) is 0 Å². The molecule has 1 amide bonds. The maximum Gasteiger partial charge on any atom is 0.245 e. The van der Waals surface area contributed by atoms with E-state index in [2.05, 4.69) is 43.7 Å². The Morgan fingerprint density at radius 1 is 1.04 bits per heavy atom. The first-order chi connectivity index (χ1) is 13.6. The molecule has 7 nitrogen and oxygen atoms in total. The Bertz CT molecular complexity index is 896. The smallest absolute Gasteiger partial charge is 0.245 e. The number of nitrogens with zero attached hydrogens (tertiary/aromatic N) is 6. The van der Waals surface area contributed by atoms with E-state index in [1.165, 1.54) is 5.56 Å². The molecular formula is C21H26N6O. The van der Waals surface area contributed by atoms with Crippen LogP contribution in [0.3, 0.4) is 0 Å². The first-order valence-corrected chi connectivity index (χ1v) is 9.67. The van der Waals surface area contributed by atoms with Gasteiger partial charge in [0.2, 0.25) is 5.91 Å². The van der Waals surface area contributed by atoms with Crippen molar-refractivity contribution in [3.8, 4) is 0 Å². The number of benzene rings is 1. The highest BCUT2D eigenvalue weighted by Gasteiger charge is 2.31. The summed E-state index contributed by atoms with van der Waals surface area (Å²) < 4.78 is 3.94. The van der Waals surface area contributed by atoms with E-state index >= 15 is 0 Å². The molecule has 2 aromatic heterocycles. The normalized spacial score (nSPS) is 17.4. The van der Waals surface area contributed by atoms with Gasteiger partial charge < -0.3 is 14.0 Å². The molecular weight excluding hydrogens is 352 g/mol. The molecule has 1 fully saturated rings. The van der Waals surface area contributed by atoms with Gasteiger partial charge in [-0.25, -0.2) is 9.97 Å². The molecule has 1 saturated heterocycles. The summed E-state index contributed by atoms with van der Waals surface area (Å²) in [4.78, 5) is 25.9. The largest absolute Gasteiger partial charge is 0.338 e. The number of hydrogen-bond donors (Lipinski definition) is 0. The molecule has 0 N–H and O–H groups in total. The van der Waals surface area contributed by atoms with Crippen molar-refractivity contribution in [2.75, 3.05) is 26.2 Å². The number of aromatic nitrogens is 4. The van der Waals surface area contributed by atoms with E-state index in [1.54, 1.807) is 12.5 Å². The summed E-state index contributed by atoms with van der Waals surface area (Å²) in [6, 6.07) is 10.3. The van der Waals surface area contributed by atoms with Crippen molar-refractivity contribution in [3.63, 3.8) is 0 Å². The number of amides is 1. The van der Waals surface area contributed by atoms with Crippen molar-refractivity contribution in [2.24, 2.45) is 7.05 Å². The number of imidazole rings is 2. The third kappa shape index (κ3) is 3.57. The standard InChI is InChI=1S/C21H26N6O/c1-17(27-11-8-22-16-27)21(28)26-14-12-25(13-15-26)19(18-6-4-3-5-7-18)20-23-9-10-24(20)2/h3-11,16-17,19H,12-15H2,1-2H3/t17-,19+/m1/s1. The van der Waals surface area contributed by atoms with Crippen LogP contribution < -0.4 is 0 Å². The molecule has 7 heteroatoms. The maximum atomic E-state index is 12.9. The van der Waals surface area contributed by atoms with Gasteiger partial charge in [-0.15, -0.1) is 0 Å². The molecule has 1 aliphatic rings. The van der Waals surface area contributed by atoms with Gasteiger partial charge in [-0.3, -0.25) is 9.69 Å². The lowest BCUT2D eigenvalue weighted by Gasteiger charge is -2.40. The third-order valence-corrected chi connectivity index (χ3v) is 5.54. The van der Waals surface area contributed by atoms with Crippen LogP contribution in [-0.2, 0) is 11.8 Å². The van der Waals surface area contributed by atoms with Crippen LogP contribution in [0.2, 0.25) is 0 Å². The summed E-state index contributed by atoms with van der Waals surface area (Å²) in [5, 5.41) is 0. The molecule has 3 aromatic rings.